The second-order valence-electron chi connectivity index (χ2n) is 19.0. The summed E-state index contributed by atoms with van der Waals surface area (Å²) >= 11 is 0. The summed E-state index contributed by atoms with van der Waals surface area (Å²) in [5.74, 6) is 7.25. The van der Waals surface area contributed by atoms with Crippen LogP contribution >= 0.6 is 0 Å². The molecular weight excluding hydrogens is 853 g/mol. The number of amides is 4. The van der Waals surface area contributed by atoms with Gasteiger partial charge >= 0.3 is 0 Å². The van der Waals surface area contributed by atoms with E-state index in [9.17, 15) is 19.2 Å². The fraction of sp³-hybridized carbons (Fsp3) is 0.333. The molecule has 6 heterocycles. The molecule has 2 fully saturated rings. The van der Waals surface area contributed by atoms with E-state index in [-0.39, 0.29) is 60.4 Å². The molecule has 10 rings (SSSR count). The fourth-order valence-corrected chi connectivity index (χ4v) is 10.0. The number of imidazole rings is 2. The number of nitrogens with one attached hydrogen (secondary N) is 6. The minimum atomic E-state index is -0.667. The zero-order valence-electron chi connectivity index (χ0n) is 38.8. The lowest BCUT2D eigenvalue weighted by molar-refractivity contribution is -0.138. The average molecular weight is 909 g/mol. The highest BCUT2D eigenvalue weighted by atomic mass is 16.2. The number of likely N-dealkylation sites (tertiary alicyclic amines) is 2. The highest BCUT2D eigenvalue weighted by Gasteiger charge is 2.39. The van der Waals surface area contributed by atoms with Crippen molar-refractivity contribution in [1.29, 1.82) is 0 Å². The van der Waals surface area contributed by atoms with Gasteiger partial charge in [0, 0.05) is 58.4 Å². The van der Waals surface area contributed by atoms with Gasteiger partial charge in [-0.2, -0.15) is 0 Å². The Morgan fingerprint density at radius 1 is 0.603 bits per heavy atom. The minimum absolute atomic E-state index is 0.101. The molecular formula is C54H56N10O4. The summed E-state index contributed by atoms with van der Waals surface area (Å²) in [6, 6.07) is 25.7. The monoisotopic (exact) mass is 908 g/mol. The molecule has 14 heteroatoms. The number of aromatic nitrogens is 6. The van der Waals surface area contributed by atoms with Crippen LogP contribution in [0.5, 0.6) is 0 Å². The zero-order valence-corrected chi connectivity index (χ0v) is 38.8. The molecule has 0 aliphatic carbocycles. The van der Waals surface area contributed by atoms with Crippen molar-refractivity contribution in [2.24, 2.45) is 11.8 Å². The molecule has 0 saturated carbocycles. The third-order valence-corrected chi connectivity index (χ3v) is 13.6. The Bertz CT molecular complexity index is 3060. The summed E-state index contributed by atoms with van der Waals surface area (Å²) in [7, 11) is 0. The van der Waals surface area contributed by atoms with Crippen molar-refractivity contribution in [3.8, 4) is 11.8 Å². The van der Waals surface area contributed by atoms with Gasteiger partial charge in [0.15, 0.2) is 0 Å². The standard InChI is InChI=1S/C54H56N10O4/c1-31(2)49(61-47(65)27-35-29-55-39-13-7-5-11-37(35)39)53(67)63-23-9-15-45(63)51-57-41-21-19-33(25-43(41)59-51)17-18-34-20-22-42-44(26-34)60-52(58-42)46-16-10-24-64(46)54(68)50(32(3)4)62-48(66)28-36-30-56-40-14-8-6-12-38(36)40/h5-8,11-14,19-22,25-26,29-32,45-46,49-50,55-56H,9-10,15-16,23-24,27-28H2,1-4H3,(H,57,59)(H,58,60)(H,61,65)(H,62,66)/t45-,46-,49-,50-/m0/s1. The molecule has 0 radical (unpaired) electrons. The van der Waals surface area contributed by atoms with Gasteiger partial charge in [-0.1, -0.05) is 75.9 Å². The summed E-state index contributed by atoms with van der Waals surface area (Å²) in [6.07, 6.45) is 7.28. The molecule has 0 bridgehead atoms. The molecule has 4 aromatic heterocycles. The van der Waals surface area contributed by atoms with Crippen molar-refractivity contribution in [2.45, 2.75) is 90.4 Å². The van der Waals surface area contributed by atoms with Crippen LogP contribution in [0, 0.1) is 23.7 Å². The third-order valence-electron chi connectivity index (χ3n) is 13.6. The van der Waals surface area contributed by atoms with Crippen LogP contribution in [-0.4, -0.2) is 88.5 Å². The fourth-order valence-electron chi connectivity index (χ4n) is 10.0. The molecule has 4 aromatic carbocycles. The second kappa shape index (κ2) is 18.6. The largest absolute Gasteiger partial charge is 0.361 e. The topological polar surface area (TPSA) is 188 Å². The van der Waals surface area contributed by atoms with Crippen LogP contribution in [0.4, 0.5) is 0 Å². The first-order chi connectivity index (χ1) is 33.0. The summed E-state index contributed by atoms with van der Waals surface area (Å²) < 4.78 is 0. The molecule has 346 valence electrons. The summed E-state index contributed by atoms with van der Waals surface area (Å²) in [4.78, 5) is 82.1. The van der Waals surface area contributed by atoms with Crippen LogP contribution in [-0.2, 0) is 32.0 Å². The van der Waals surface area contributed by atoms with Gasteiger partial charge in [0.2, 0.25) is 23.6 Å². The van der Waals surface area contributed by atoms with Gasteiger partial charge in [0.1, 0.15) is 23.7 Å². The van der Waals surface area contributed by atoms with Crippen LogP contribution < -0.4 is 10.6 Å². The lowest BCUT2D eigenvalue weighted by atomic mass is 10.0. The third kappa shape index (κ3) is 8.84. The number of carbonyl (C=O) groups excluding carboxylic acids is 4. The van der Waals surface area contributed by atoms with Crippen molar-refractivity contribution >= 4 is 67.5 Å². The highest BCUT2D eigenvalue weighted by molar-refractivity contribution is 5.94. The van der Waals surface area contributed by atoms with Crippen molar-refractivity contribution in [2.75, 3.05) is 13.1 Å². The molecule has 14 nitrogen and oxygen atoms in total. The van der Waals surface area contributed by atoms with Gasteiger partial charge < -0.3 is 40.4 Å². The number of nitrogens with zero attached hydrogens (tertiary/aromatic N) is 4. The maximum absolute atomic E-state index is 14.2. The number of hydrogen-bond acceptors (Lipinski definition) is 6. The van der Waals surface area contributed by atoms with Gasteiger partial charge in [-0.15, -0.1) is 0 Å². The summed E-state index contributed by atoms with van der Waals surface area (Å²) in [5, 5.41) is 8.12. The van der Waals surface area contributed by atoms with E-state index >= 15 is 0 Å². The van der Waals surface area contributed by atoms with Crippen molar-refractivity contribution in [3.05, 3.63) is 131 Å². The van der Waals surface area contributed by atoms with E-state index in [0.717, 1.165) is 103 Å². The molecule has 2 aliphatic heterocycles. The average Bonchev–Trinajstić information content (AvgIpc) is 4.21. The van der Waals surface area contributed by atoms with Gasteiger partial charge in [0.05, 0.1) is 47.0 Å². The van der Waals surface area contributed by atoms with Gasteiger partial charge in [-0.3, -0.25) is 19.2 Å². The summed E-state index contributed by atoms with van der Waals surface area (Å²) in [6.45, 7) is 9.02. The Labute approximate surface area is 394 Å². The van der Waals surface area contributed by atoms with Gasteiger partial charge in [-0.05, 0) is 97.2 Å². The number of H-pyrrole nitrogens is 4. The number of para-hydroxylation sites is 2. The number of benzene rings is 4. The van der Waals surface area contributed by atoms with Crippen LogP contribution in [0.15, 0.2) is 97.3 Å². The highest BCUT2D eigenvalue weighted by Crippen LogP contribution is 2.35. The minimum Gasteiger partial charge on any atom is -0.361 e. The van der Waals surface area contributed by atoms with E-state index in [1.54, 1.807) is 0 Å². The van der Waals surface area contributed by atoms with Gasteiger partial charge in [-0.25, -0.2) is 9.97 Å². The van der Waals surface area contributed by atoms with Crippen molar-refractivity contribution in [3.63, 3.8) is 0 Å². The molecule has 0 unspecified atom stereocenters. The number of hydrogen-bond donors (Lipinski definition) is 6. The smallest absolute Gasteiger partial charge is 0.246 e. The second-order valence-corrected chi connectivity index (χ2v) is 19.0. The number of fused-ring (bicyclic) bond motifs is 4. The number of carbonyl (C=O) groups is 4. The molecule has 0 spiro atoms. The zero-order chi connectivity index (χ0) is 47.1. The Morgan fingerprint density at radius 3 is 1.46 bits per heavy atom. The number of aromatic amines is 4. The van der Waals surface area contributed by atoms with E-state index in [1.165, 1.54) is 0 Å². The predicted molar refractivity (Wildman–Crippen MR) is 263 cm³/mol. The lowest BCUT2D eigenvalue weighted by Crippen LogP contribution is -2.51. The van der Waals surface area contributed by atoms with E-state index in [2.05, 4.69) is 42.4 Å². The van der Waals surface area contributed by atoms with Crippen molar-refractivity contribution in [1.82, 2.24) is 50.3 Å². The first-order valence-electron chi connectivity index (χ1n) is 23.8. The molecule has 6 N–H and O–H groups in total. The maximum Gasteiger partial charge on any atom is 0.246 e. The first-order valence-corrected chi connectivity index (χ1v) is 23.8. The molecule has 68 heavy (non-hydrogen) atoms. The molecule has 2 saturated heterocycles. The number of rotatable bonds is 12. The summed E-state index contributed by atoms with van der Waals surface area (Å²) in [5.41, 5.74) is 8.56. The van der Waals surface area contributed by atoms with Crippen LogP contribution in [0.3, 0.4) is 0 Å². The van der Waals surface area contributed by atoms with Crippen molar-refractivity contribution < 1.29 is 19.2 Å². The lowest BCUT2D eigenvalue weighted by Gasteiger charge is -2.30. The first kappa shape index (κ1) is 44.2. The molecule has 2 aliphatic rings. The van der Waals surface area contributed by atoms with E-state index in [1.807, 2.05) is 135 Å². The normalized spacial score (nSPS) is 17.1. The maximum atomic E-state index is 14.2. The molecule has 4 atom stereocenters. The molecule has 4 amide bonds. The SMILES string of the molecule is CC(C)[C@H](NC(=O)Cc1c[nH]c2ccccc12)C(=O)N1CCC[C@H]1c1nc2cc(C#Cc3ccc4[nH]c([C@@H]5CCCN5C(=O)[C@@H](NC(=O)Cc5c[nH]c6ccccc56)C(C)C)nc4c3)ccc2[nH]1. The quantitative estimate of drug-likeness (QED) is 0.0677. The van der Waals surface area contributed by atoms with E-state index in [4.69, 9.17) is 9.97 Å². The Morgan fingerprint density at radius 2 is 1.03 bits per heavy atom. The van der Waals surface area contributed by atoms with E-state index in [0.29, 0.717) is 13.1 Å². The van der Waals surface area contributed by atoms with E-state index < -0.39 is 12.1 Å². The molecule has 8 aromatic rings. The van der Waals surface area contributed by atoms with Gasteiger partial charge in [0.25, 0.3) is 0 Å². The Hall–Kier alpha value is -7.66. The van der Waals surface area contributed by atoms with Crippen LogP contribution in [0.1, 0.15) is 99.4 Å². The van der Waals surface area contributed by atoms with Crippen LogP contribution in [0.2, 0.25) is 0 Å². The Kier molecular flexibility index (Phi) is 12.1. The van der Waals surface area contributed by atoms with Crippen LogP contribution in [0.25, 0.3) is 43.9 Å². The predicted octanol–water partition coefficient (Wildman–Crippen LogP) is 7.90. The Balaban J connectivity index is 0.797.